The number of fused-ring (bicyclic) bond motifs is 16. The van der Waals surface area contributed by atoms with E-state index in [0.717, 1.165) is 12.8 Å². The van der Waals surface area contributed by atoms with Gasteiger partial charge in [0, 0.05) is 21.5 Å². The van der Waals surface area contributed by atoms with Crippen molar-refractivity contribution in [3.8, 4) is 22.3 Å². The molecule has 0 saturated carbocycles. The van der Waals surface area contributed by atoms with Crippen molar-refractivity contribution >= 4 is 54.6 Å². The first-order chi connectivity index (χ1) is 19.9. The lowest BCUT2D eigenvalue weighted by atomic mass is 9.99. The summed E-state index contributed by atoms with van der Waals surface area (Å²) in [6.07, 6.45) is 2.01. The standard InChI is InChI=1S/C38H22N2/c1-3-9-24-22(8-1)20-29-26(24)16-18-30-35(29)27-11-5-13-32-37(27)39(30)33-14-6-12-28-36-31(40(32)38(28)33)17-15-23-19-21-7-2-4-10-25(21)34(23)36/h1-18H,19-20H2. The minimum absolute atomic E-state index is 0.997. The molecule has 9 aromatic rings. The van der Waals surface area contributed by atoms with E-state index >= 15 is 0 Å². The highest BCUT2D eigenvalue weighted by Gasteiger charge is 2.28. The smallest absolute Gasteiger partial charge is 0.0783 e. The Hall–Kier alpha value is -5.08. The first-order valence-electron chi connectivity index (χ1n) is 14.2. The Morgan fingerprint density at radius 1 is 0.400 bits per heavy atom. The molecule has 3 aromatic heterocycles. The molecule has 0 N–H and O–H groups in total. The number of hydrogen-bond donors (Lipinski definition) is 0. The van der Waals surface area contributed by atoms with Crippen LogP contribution in [0.5, 0.6) is 0 Å². The number of benzene rings is 6. The third-order valence-corrected chi connectivity index (χ3v) is 9.88. The number of aromatic nitrogens is 2. The van der Waals surface area contributed by atoms with Gasteiger partial charge >= 0.3 is 0 Å². The lowest BCUT2D eigenvalue weighted by molar-refractivity contribution is 1.25. The Balaban J connectivity index is 1.38. The van der Waals surface area contributed by atoms with E-state index < -0.39 is 0 Å². The fraction of sp³-hybridized carbons (Fsp3) is 0.0526. The maximum atomic E-state index is 2.55. The number of nitrogens with zero attached hydrogens (tertiary/aromatic N) is 2. The van der Waals surface area contributed by atoms with Gasteiger partial charge in [-0.05, 0) is 81.6 Å². The minimum Gasteiger partial charge on any atom is -0.305 e. The van der Waals surface area contributed by atoms with Crippen molar-refractivity contribution in [3.63, 3.8) is 0 Å². The molecule has 0 unspecified atom stereocenters. The Bertz CT molecular complexity index is 2590. The van der Waals surface area contributed by atoms with Crippen molar-refractivity contribution in [1.29, 1.82) is 0 Å². The number of para-hydroxylation sites is 2. The Kier molecular flexibility index (Phi) is 3.26. The lowest BCUT2D eigenvalue weighted by Crippen LogP contribution is -1.96. The number of hydrogen-bond acceptors (Lipinski definition) is 0. The molecule has 11 rings (SSSR count). The van der Waals surface area contributed by atoms with Crippen LogP contribution in [-0.2, 0) is 12.8 Å². The molecule has 3 heterocycles. The molecule has 0 saturated heterocycles. The van der Waals surface area contributed by atoms with Crippen molar-refractivity contribution in [2.24, 2.45) is 0 Å². The van der Waals surface area contributed by atoms with Gasteiger partial charge in [0.05, 0.1) is 33.1 Å². The summed E-state index contributed by atoms with van der Waals surface area (Å²) in [7, 11) is 0. The number of rotatable bonds is 0. The van der Waals surface area contributed by atoms with Crippen molar-refractivity contribution in [2.75, 3.05) is 0 Å². The van der Waals surface area contributed by atoms with E-state index in [0.29, 0.717) is 0 Å². The molecule has 40 heavy (non-hydrogen) atoms. The SMILES string of the molecule is c1ccc2c(c1)Cc1c-2ccc2c1c1cccc3c1n2c1cccc2c4c5c(ccc4n3c21)Cc1ccccc1-5. The van der Waals surface area contributed by atoms with Gasteiger partial charge in [-0.25, -0.2) is 0 Å². The van der Waals surface area contributed by atoms with Gasteiger partial charge < -0.3 is 8.80 Å². The second kappa shape index (κ2) is 6.55. The summed E-state index contributed by atoms with van der Waals surface area (Å²) in [6, 6.07) is 41.2. The predicted molar refractivity (Wildman–Crippen MR) is 166 cm³/mol. The molecule has 0 fully saturated rings. The minimum atomic E-state index is 0.997. The van der Waals surface area contributed by atoms with Crippen LogP contribution in [-0.4, -0.2) is 8.80 Å². The summed E-state index contributed by atoms with van der Waals surface area (Å²) in [5.41, 5.74) is 19.2. The van der Waals surface area contributed by atoms with Crippen molar-refractivity contribution in [3.05, 3.63) is 131 Å². The average molecular weight is 507 g/mol. The first kappa shape index (κ1) is 19.9. The van der Waals surface area contributed by atoms with E-state index in [1.807, 2.05) is 0 Å². The van der Waals surface area contributed by atoms with E-state index in [-0.39, 0.29) is 0 Å². The molecule has 0 aliphatic heterocycles. The van der Waals surface area contributed by atoms with Gasteiger partial charge in [-0.1, -0.05) is 84.9 Å². The van der Waals surface area contributed by atoms with Crippen LogP contribution in [0.4, 0.5) is 0 Å². The highest BCUT2D eigenvalue weighted by molar-refractivity contribution is 6.25. The highest BCUT2D eigenvalue weighted by Crippen LogP contribution is 2.49. The molecule has 2 nitrogen and oxygen atoms in total. The van der Waals surface area contributed by atoms with Gasteiger partial charge in [0.25, 0.3) is 0 Å². The molecule has 0 bridgehead atoms. The van der Waals surface area contributed by atoms with Gasteiger partial charge in [0.15, 0.2) is 0 Å². The Morgan fingerprint density at radius 3 is 1.80 bits per heavy atom. The molecule has 2 aliphatic carbocycles. The van der Waals surface area contributed by atoms with E-state index in [4.69, 9.17) is 0 Å². The van der Waals surface area contributed by atoms with Gasteiger partial charge in [0.2, 0.25) is 0 Å². The van der Waals surface area contributed by atoms with Crippen LogP contribution < -0.4 is 0 Å². The zero-order valence-electron chi connectivity index (χ0n) is 21.7. The third kappa shape index (κ3) is 2.08. The van der Waals surface area contributed by atoms with E-state index in [1.165, 1.54) is 99.2 Å². The van der Waals surface area contributed by atoms with Crippen molar-refractivity contribution in [1.82, 2.24) is 8.80 Å². The molecular formula is C38H22N2. The Labute approximate surface area is 229 Å². The maximum Gasteiger partial charge on any atom is 0.0783 e. The lowest BCUT2D eigenvalue weighted by Gasteiger charge is -2.11. The molecule has 2 aliphatic rings. The average Bonchev–Trinajstić information content (AvgIpc) is 3.74. The Morgan fingerprint density at radius 2 is 1.02 bits per heavy atom. The quantitative estimate of drug-likeness (QED) is 0.181. The van der Waals surface area contributed by atoms with Crippen LogP contribution >= 0.6 is 0 Å². The van der Waals surface area contributed by atoms with Gasteiger partial charge in [0.1, 0.15) is 0 Å². The van der Waals surface area contributed by atoms with Crippen LogP contribution in [0.1, 0.15) is 22.3 Å². The summed E-state index contributed by atoms with van der Waals surface area (Å²) in [5, 5.41) is 5.50. The normalized spacial score (nSPS) is 13.8. The largest absolute Gasteiger partial charge is 0.305 e. The van der Waals surface area contributed by atoms with Crippen molar-refractivity contribution in [2.45, 2.75) is 12.8 Å². The molecule has 0 spiro atoms. The van der Waals surface area contributed by atoms with E-state index in [9.17, 15) is 0 Å². The highest BCUT2D eigenvalue weighted by atomic mass is 15.0. The molecule has 2 heteroatoms. The van der Waals surface area contributed by atoms with Crippen LogP contribution in [0.3, 0.4) is 0 Å². The first-order valence-corrected chi connectivity index (χ1v) is 14.2. The van der Waals surface area contributed by atoms with Gasteiger partial charge in [-0.15, -0.1) is 0 Å². The van der Waals surface area contributed by atoms with Gasteiger partial charge in [-0.3, -0.25) is 0 Å². The maximum absolute atomic E-state index is 2.55. The zero-order valence-corrected chi connectivity index (χ0v) is 21.7. The second-order valence-corrected chi connectivity index (χ2v) is 11.7. The molecule has 0 atom stereocenters. The summed E-state index contributed by atoms with van der Waals surface area (Å²) in [4.78, 5) is 0. The molecule has 184 valence electrons. The fourth-order valence-corrected chi connectivity index (χ4v) is 8.40. The van der Waals surface area contributed by atoms with Gasteiger partial charge in [-0.2, -0.15) is 0 Å². The summed E-state index contributed by atoms with van der Waals surface area (Å²) < 4.78 is 5.11. The molecule has 6 aromatic carbocycles. The monoisotopic (exact) mass is 506 g/mol. The third-order valence-electron chi connectivity index (χ3n) is 9.88. The molecule has 0 radical (unpaired) electrons. The second-order valence-electron chi connectivity index (χ2n) is 11.7. The summed E-state index contributed by atoms with van der Waals surface area (Å²) in [6.45, 7) is 0. The predicted octanol–water partition coefficient (Wildman–Crippen LogP) is 9.38. The van der Waals surface area contributed by atoms with Crippen LogP contribution in [0, 0.1) is 0 Å². The van der Waals surface area contributed by atoms with Crippen LogP contribution in [0.15, 0.2) is 109 Å². The van der Waals surface area contributed by atoms with Crippen molar-refractivity contribution < 1.29 is 0 Å². The van der Waals surface area contributed by atoms with E-state index in [2.05, 4.69) is 118 Å². The zero-order chi connectivity index (χ0) is 25.7. The van der Waals surface area contributed by atoms with E-state index in [1.54, 1.807) is 0 Å². The molecule has 0 amide bonds. The topological polar surface area (TPSA) is 8.82 Å². The van der Waals surface area contributed by atoms with Crippen LogP contribution in [0.2, 0.25) is 0 Å². The fourth-order valence-electron chi connectivity index (χ4n) is 8.40. The molecular weight excluding hydrogens is 484 g/mol. The summed E-state index contributed by atoms with van der Waals surface area (Å²) >= 11 is 0. The summed E-state index contributed by atoms with van der Waals surface area (Å²) in [5.74, 6) is 0. The van der Waals surface area contributed by atoms with Crippen LogP contribution in [0.25, 0.3) is 76.9 Å².